The van der Waals surface area contributed by atoms with Gasteiger partial charge in [-0.2, -0.15) is 0 Å². The van der Waals surface area contributed by atoms with Crippen molar-refractivity contribution in [1.29, 1.82) is 0 Å². The first kappa shape index (κ1) is 22.9. The number of thioether (sulfide) groups is 1. The lowest BCUT2D eigenvalue weighted by Crippen LogP contribution is -2.44. The highest BCUT2D eigenvalue weighted by Crippen LogP contribution is 2.24. The van der Waals surface area contributed by atoms with Crippen molar-refractivity contribution in [1.82, 2.24) is 20.4 Å². The van der Waals surface area contributed by atoms with Crippen LogP contribution in [0.1, 0.15) is 69.5 Å². The highest BCUT2D eigenvalue weighted by molar-refractivity contribution is 7.99. The molecule has 1 N–H and O–H groups in total. The van der Waals surface area contributed by atoms with Crippen LogP contribution in [0.2, 0.25) is 0 Å². The first-order chi connectivity index (χ1) is 13.4. The Labute approximate surface area is 172 Å². The first-order valence-corrected chi connectivity index (χ1v) is 11.3. The van der Waals surface area contributed by atoms with Crippen LogP contribution in [0.3, 0.4) is 0 Å². The average molecular weight is 411 g/mol. The fourth-order valence-corrected chi connectivity index (χ4v) is 4.23. The third-order valence-electron chi connectivity index (χ3n) is 4.95. The van der Waals surface area contributed by atoms with E-state index in [-0.39, 0.29) is 29.4 Å². The molecule has 28 heavy (non-hydrogen) atoms. The van der Waals surface area contributed by atoms with Crippen LogP contribution >= 0.6 is 11.8 Å². The fourth-order valence-electron chi connectivity index (χ4n) is 3.37. The number of hydrogen-bond acceptors (Lipinski definition) is 7. The predicted molar refractivity (Wildman–Crippen MR) is 110 cm³/mol. The van der Waals surface area contributed by atoms with Crippen molar-refractivity contribution >= 4 is 23.5 Å². The lowest BCUT2D eigenvalue weighted by atomic mass is 9.96. The monoisotopic (exact) mass is 410 g/mol. The number of aromatic nitrogens is 2. The molecule has 0 spiro atoms. The summed E-state index contributed by atoms with van der Waals surface area (Å²) in [6, 6.07) is -0.615. The normalized spacial score (nSPS) is 16.9. The Bertz CT molecular complexity index is 625. The van der Waals surface area contributed by atoms with Crippen molar-refractivity contribution in [3.05, 3.63) is 5.89 Å². The first-order valence-electron chi connectivity index (χ1n) is 10.3. The van der Waals surface area contributed by atoms with Gasteiger partial charge in [0.15, 0.2) is 0 Å². The topological polar surface area (TPSA) is 88.3 Å². The molecule has 2 rings (SSSR count). The molecular formula is C20H34N4O3S. The molecule has 1 aromatic rings. The largest absolute Gasteiger partial charge is 0.408 e. The van der Waals surface area contributed by atoms with Crippen molar-refractivity contribution in [2.24, 2.45) is 11.8 Å². The molecule has 1 aliphatic carbocycles. The zero-order chi connectivity index (χ0) is 20.5. The van der Waals surface area contributed by atoms with Gasteiger partial charge in [-0.3, -0.25) is 9.59 Å². The van der Waals surface area contributed by atoms with E-state index in [0.29, 0.717) is 11.6 Å². The molecule has 1 saturated carbocycles. The minimum absolute atomic E-state index is 0.00444. The molecule has 1 aromatic heterocycles. The van der Waals surface area contributed by atoms with Gasteiger partial charge in [-0.25, -0.2) is 0 Å². The summed E-state index contributed by atoms with van der Waals surface area (Å²) < 4.78 is 5.56. The summed E-state index contributed by atoms with van der Waals surface area (Å²) in [6.07, 6.45) is 6.91. The van der Waals surface area contributed by atoms with Gasteiger partial charge in [0.1, 0.15) is 0 Å². The van der Waals surface area contributed by atoms with Crippen LogP contribution in [0, 0.1) is 11.8 Å². The molecule has 0 saturated heterocycles. The minimum atomic E-state index is -0.615. The van der Waals surface area contributed by atoms with Crippen LogP contribution in [-0.4, -0.2) is 59.2 Å². The second-order valence-electron chi connectivity index (χ2n) is 8.27. The number of Topliss-reactive ketones (excluding diaryl/α,β-unsaturated/α-hetero) is 1. The molecule has 8 heteroatoms. The van der Waals surface area contributed by atoms with E-state index in [0.717, 1.165) is 38.0 Å². The third-order valence-corrected chi connectivity index (χ3v) is 5.75. The van der Waals surface area contributed by atoms with Crippen LogP contribution in [0.25, 0.3) is 0 Å². The molecule has 0 radical (unpaired) electrons. The van der Waals surface area contributed by atoms with Gasteiger partial charge in [-0.15, -0.1) is 10.2 Å². The zero-order valence-electron chi connectivity index (χ0n) is 17.6. The van der Waals surface area contributed by atoms with Crippen LogP contribution < -0.4 is 5.32 Å². The number of carbonyl (C=O) groups is 2. The van der Waals surface area contributed by atoms with E-state index < -0.39 is 6.04 Å². The van der Waals surface area contributed by atoms with Crippen LogP contribution in [0.4, 0.5) is 0 Å². The van der Waals surface area contributed by atoms with E-state index in [4.69, 9.17) is 4.42 Å². The lowest BCUT2D eigenvalue weighted by molar-refractivity contribution is -0.126. The standard InChI is InChI=1S/C20H34N4O3S/c1-14(2)13-16(21-18(26)15-9-7-5-6-8-10-15)17(25)19-22-23-20(27-19)28-12-11-24(3)4/h14-16H,5-13H2,1-4H3,(H,21,26). The molecule has 7 nitrogen and oxygen atoms in total. The Morgan fingerprint density at radius 2 is 1.86 bits per heavy atom. The molecule has 1 unspecified atom stereocenters. The fraction of sp³-hybridized carbons (Fsp3) is 0.800. The van der Waals surface area contributed by atoms with E-state index in [1.807, 2.05) is 27.9 Å². The minimum Gasteiger partial charge on any atom is -0.408 e. The van der Waals surface area contributed by atoms with E-state index in [2.05, 4.69) is 20.4 Å². The molecule has 1 atom stereocenters. The number of carbonyl (C=O) groups excluding carboxylic acids is 2. The van der Waals surface area contributed by atoms with Crippen LogP contribution in [0.15, 0.2) is 9.64 Å². The molecule has 1 amide bonds. The second-order valence-corrected chi connectivity index (χ2v) is 9.31. The Morgan fingerprint density at radius 1 is 1.18 bits per heavy atom. The van der Waals surface area contributed by atoms with Gasteiger partial charge in [-0.05, 0) is 39.3 Å². The number of rotatable bonds is 10. The molecule has 0 aromatic carbocycles. The quantitative estimate of drug-likeness (QED) is 0.359. The van der Waals surface area contributed by atoms with Gasteiger partial charge in [0.05, 0.1) is 6.04 Å². The summed E-state index contributed by atoms with van der Waals surface area (Å²) in [5.74, 6) is 0.754. The second kappa shape index (κ2) is 11.6. The molecular weight excluding hydrogens is 376 g/mol. The average Bonchev–Trinajstić information content (AvgIpc) is 2.92. The predicted octanol–water partition coefficient (Wildman–Crippen LogP) is 3.41. The Balaban J connectivity index is 2.00. The summed E-state index contributed by atoms with van der Waals surface area (Å²) in [5, 5.41) is 11.3. The third kappa shape index (κ3) is 7.54. The molecule has 158 valence electrons. The summed E-state index contributed by atoms with van der Waals surface area (Å²) in [6.45, 7) is 4.95. The van der Waals surface area contributed by atoms with Gasteiger partial charge in [0.25, 0.3) is 11.1 Å². The number of amides is 1. The zero-order valence-corrected chi connectivity index (χ0v) is 18.4. The van der Waals surface area contributed by atoms with E-state index >= 15 is 0 Å². The maximum absolute atomic E-state index is 12.9. The SMILES string of the molecule is CC(C)CC(NC(=O)C1CCCCCC1)C(=O)c1nnc(SCCN(C)C)o1. The van der Waals surface area contributed by atoms with Crippen LogP contribution in [-0.2, 0) is 4.79 Å². The molecule has 1 fully saturated rings. The van der Waals surface area contributed by atoms with E-state index in [1.165, 1.54) is 24.6 Å². The number of nitrogens with zero attached hydrogens (tertiary/aromatic N) is 3. The Hall–Kier alpha value is -1.41. The van der Waals surface area contributed by atoms with Gasteiger partial charge >= 0.3 is 0 Å². The van der Waals surface area contributed by atoms with Crippen molar-refractivity contribution in [3.63, 3.8) is 0 Å². The number of hydrogen-bond donors (Lipinski definition) is 1. The van der Waals surface area contributed by atoms with Gasteiger partial charge in [0.2, 0.25) is 11.7 Å². The number of ketones is 1. The summed E-state index contributed by atoms with van der Waals surface area (Å²) in [5.41, 5.74) is 0. The smallest absolute Gasteiger partial charge is 0.286 e. The van der Waals surface area contributed by atoms with Crippen molar-refractivity contribution in [2.75, 3.05) is 26.4 Å². The van der Waals surface area contributed by atoms with Crippen molar-refractivity contribution in [3.8, 4) is 0 Å². The van der Waals surface area contributed by atoms with Gasteiger partial charge in [0, 0.05) is 18.2 Å². The lowest BCUT2D eigenvalue weighted by Gasteiger charge is -2.21. The van der Waals surface area contributed by atoms with Gasteiger partial charge < -0.3 is 14.6 Å². The Kier molecular flexibility index (Phi) is 9.44. The van der Waals surface area contributed by atoms with E-state index in [1.54, 1.807) is 0 Å². The molecule has 1 heterocycles. The van der Waals surface area contributed by atoms with Crippen molar-refractivity contribution in [2.45, 2.75) is 70.1 Å². The Morgan fingerprint density at radius 3 is 2.46 bits per heavy atom. The highest BCUT2D eigenvalue weighted by Gasteiger charge is 2.30. The summed E-state index contributed by atoms with van der Waals surface area (Å²) in [4.78, 5) is 27.8. The maximum atomic E-state index is 12.9. The molecule has 0 aliphatic heterocycles. The molecule has 1 aliphatic rings. The maximum Gasteiger partial charge on any atom is 0.286 e. The summed E-state index contributed by atoms with van der Waals surface area (Å²) in [7, 11) is 3.99. The van der Waals surface area contributed by atoms with Crippen molar-refractivity contribution < 1.29 is 14.0 Å². The number of nitrogens with one attached hydrogen (secondary N) is 1. The van der Waals surface area contributed by atoms with Gasteiger partial charge in [-0.1, -0.05) is 51.3 Å². The summed E-state index contributed by atoms with van der Waals surface area (Å²) >= 11 is 1.43. The highest BCUT2D eigenvalue weighted by atomic mass is 32.2. The van der Waals surface area contributed by atoms with E-state index in [9.17, 15) is 9.59 Å². The van der Waals surface area contributed by atoms with Crippen LogP contribution in [0.5, 0.6) is 0 Å². The molecule has 0 bridgehead atoms.